The predicted octanol–water partition coefficient (Wildman–Crippen LogP) is 14.4. The van der Waals surface area contributed by atoms with E-state index in [1.54, 1.807) is 8.87 Å². The van der Waals surface area contributed by atoms with E-state index in [-0.39, 0.29) is 60.2 Å². The molecule has 0 unspecified atom stereocenters. The number of allylic oxidation sites excluding steroid dienone is 4. The van der Waals surface area contributed by atoms with Crippen molar-refractivity contribution in [1.82, 2.24) is 9.97 Å². The monoisotopic (exact) mass is 1030 g/mol. The van der Waals surface area contributed by atoms with E-state index < -0.39 is 5.92 Å². The fourth-order valence-corrected chi connectivity index (χ4v) is 12.7. The van der Waals surface area contributed by atoms with E-state index in [4.69, 9.17) is 9.98 Å². The summed E-state index contributed by atoms with van der Waals surface area (Å²) >= 11 is 0.149. The third-order valence-electron chi connectivity index (χ3n) is 13.1. The molecule has 362 valence electrons. The van der Waals surface area contributed by atoms with Crippen LogP contribution in [-0.2, 0) is 21.7 Å². The molecule has 0 atom stereocenters. The molecule has 2 aliphatic rings. The first kappa shape index (κ1) is 53.3. The Kier molecular flexibility index (Phi) is 17.2. The molecule has 4 heterocycles. The van der Waals surface area contributed by atoms with Gasteiger partial charge in [0.2, 0.25) is 0 Å². The summed E-state index contributed by atoms with van der Waals surface area (Å²) in [7, 11) is 0. The molecule has 2 aliphatic heterocycles. The van der Waals surface area contributed by atoms with Gasteiger partial charge in [0.25, 0.3) is 0 Å². The van der Waals surface area contributed by atoms with Gasteiger partial charge >= 0.3 is 69.5 Å². The molecule has 0 aliphatic carbocycles. The van der Waals surface area contributed by atoms with Crippen molar-refractivity contribution < 1.29 is 10.2 Å². The molecule has 7 heteroatoms. The van der Waals surface area contributed by atoms with Crippen LogP contribution in [0.5, 0.6) is 0 Å². The topological polar surface area (TPSA) is 102 Å². The Morgan fingerprint density at radius 3 is 1.14 bits per heavy atom. The molecule has 2 aromatic heterocycles. The Hall–Kier alpha value is -5.08. The van der Waals surface area contributed by atoms with Crippen molar-refractivity contribution in [2.24, 2.45) is 9.98 Å². The fourth-order valence-electron chi connectivity index (χ4n) is 8.55. The molecule has 0 amide bonds. The second-order valence-corrected chi connectivity index (χ2v) is 27.3. The van der Waals surface area contributed by atoms with Crippen LogP contribution in [0, 0.1) is 0 Å². The van der Waals surface area contributed by atoms with Gasteiger partial charge in [0.05, 0.1) is 34.7 Å². The van der Waals surface area contributed by atoms with Gasteiger partial charge in [-0.15, -0.1) is 0 Å². The first-order valence-corrected chi connectivity index (χ1v) is 29.3. The molecule has 0 spiro atoms. The van der Waals surface area contributed by atoms with Crippen LogP contribution in [0.2, 0.25) is 8.87 Å². The molecule has 0 bridgehead atoms. The number of aliphatic imine (C=N–C) groups is 2. The van der Waals surface area contributed by atoms with Gasteiger partial charge in [0.1, 0.15) is 0 Å². The molecule has 0 fully saturated rings. The van der Waals surface area contributed by atoms with Crippen molar-refractivity contribution in [1.29, 1.82) is 0 Å². The Bertz CT molecular complexity index is 2470. The van der Waals surface area contributed by atoms with Gasteiger partial charge in [0, 0.05) is 23.8 Å². The van der Waals surface area contributed by atoms with Gasteiger partial charge in [-0.1, -0.05) is 155 Å². The number of aromatic nitrogens is 2. The third-order valence-corrected chi connectivity index (χ3v) is 17.2. The molecule has 0 saturated carbocycles. The molecular weight excluding hydrogens is 951 g/mol. The summed E-state index contributed by atoms with van der Waals surface area (Å²) in [5, 5.41) is 28.8. The van der Waals surface area contributed by atoms with Crippen LogP contribution in [0.3, 0.4) is 0 Å². The fraction of sp³-hybridized carbons (Fsp3) is 0.419. The zero-order valence-corrected chi connectivity index (χ0v) is 47.0. The minimum absolute atomic E-state index is 0.0197. The van der Waals surface area contributed by atoms with Crippen LogP contribution in [0.1, 0.15) is 190 Å². The SMILES string of the molecule is CC(C)(C)c1cc(/C([O-])=C2\C=CC(C(C3=N/C(=C(\[O-])c4cc(C(C)(C)C)cc(C(C)(C)C)c4)C=C3)c3ccc(C(c4ccc[nH]4)c4ccc[nH]4)cc3)=N2)cc(C(C)(C)C)c1.CCC[CH2][Sn+2][CH2]CCC. The van der Waals surface area contributed by atoms with Gasteiger partial charge in [-0.3, -0.25) is 9.98 Å². The van der Waals surface area contributed by atoms with E-state index >= 15 is 0 Å². The first-order chi connectivity index (χ1) is 32.5. The summed E-state index contributed by atoms with van der Waals surface area (Å²) in [6.07, 6.45) is 17.3. The Balaban J connectivity index is 0.000000789. The Labute approximate surface area is 425 Å². The summed E-state index contributed by atoms with van der Waals surface area (Å²) in [5.74, 6) is -0.694. The maximum atomic E-state index is 14.4. The quantitative estimate of drug-likeness (QED) is 0.0657. The summed E-state index contributed by atoms with van der Waals surface area (Å²) < 4.78 is 3.25. The summed E-state index contributed by atoms with van der Waals surface area (Å²) in [5.41, 5.74) is 11.5. The summed E-state index contributed by atoms with van der Waals surface area (Å²) in [6, 6.07) is 29.3. The van der Waals surface area contributed by atoms with Crippen molar-refractivity contribution in [2.75, 3.05) is 0 Å². The number of benzene rings is 3. The Morgan fingerprint density at radius 2 is 0.841 bits per heavy atom. The van der Waals surface area contributed by atoms with Crippen LogP contribution in [-0.4, -0.2) is 42.5 Å². The molecule has 69 heavy (non-hydrogen) atoms. The molecule has 0 radical (unpaired) electrons. The van der Waals surface area contributed by atoms with Crippen molar-refractivity contribution >= 4 is 44.1 Å². The van der Waals surface area contributed by atoms with Gasteiger partial charge < -0.3 is 20.2 Å². The molecule has 3 aromatic carbocycles. The Morgan fingerprint density at radius 1 is 0.493 bits per heavy atom. The van der Waals surface area contributed by atoms with Gasteiger partial charge in [0.15, 0.2) is 0 Å². The van der Waals surface area contributed by atoms with Gasteiger partial charge in [-0.05, 0) is 115 Å². The average Bonchev–Trinajstić information content (AvgIpc) is 4.16. The van der Waals surface area contributed by atoms with Crippen LogP contribution in [0.15, 0.2) is 143 Å². The van der Waals surface area contributed by atoms with Crippen LogP contribution >= 0.6 is 0 Å². The normalized spacial score (nSPS) is 15.6. The number of nitrogens with one attached hydrogen (secondary N) is 2. The van der Waals surface area contributed by atoms with E-state index in [1.165, 1.54) is 25.7 Å². The number of hydrogen-bond donors (Lipinski definition) is 2. The number of aromatic amines is 2. The molecule has 5 aromatic rings. The van der Waals surface area contributed by atoms with E-state index in [1.807, 2.05) is 73.1 Å². The van der Waals surface area contributed by atoms with Crippen molar-refractivity contribution in [3.05, 3.63) is 189 Å². The van der Waals surface area contributed by atoms with Crippen molar-refractivity contribution in [3.63, 3.8) is 0 Å². The summed E-state index contributed by atoms with van der Waals surface area (Å²) in [6.45, 7) is 30.7. The number of hydrogen-bond acceptors (Lipinski definition) is 4. The van der Waals surface area contributed by atoms with Crippen molar-refractivity contribution in [3.8, 4) is 0 Å². The number of rotatable bonds is 14. The van der Waals surface area contributed by atoms with E-state index in [0.29, 0.717) is 33.9 Å². The van der Waals surface area contributed by atoms with E-state index in [0.717, 1.165) is 44.8 Å². The standard InChI is InChI=1S/C54H62N4O2.2C4H9.Sn/c1-51(2,3)37-27-35(28-38(31-37)52(4,5)6)49(59)45-23-21-43(57-45)48(34-19-17-33(18-20-34)47(41-15-13-25-55-41)42-16-14-26-56-42)44-22-24-46(58-44)50(60)36-29-39(53(7,8)9)32-40(30-36)54(10,11)12;2*1-3-4-2;/h13-32,47-48,55-56,59-60H,1-12H3;2*1,3-4H2,2H3;/q;;;+2/p-2/b49-45-,50-46-;;;. The summed E-state index contributed by atoms with van der Waals surface area (Å²) in [4.78, 5) is 17.0. The minimum atomic E-state index is -0.436. The van der Waals surface area contributed by atoms with Crippen LogP contribution in [0.4, 0.5) is 0 Å². The third kappa shape index (κ3) is 13.6. The predicted molar refractivity (Wildman–Crippen MR) is 292 cm³/mol. The molecule has 2 N–H and O–H groups in total. The van der Waals surface area contributed by atoms with Gasteiger partial charge in [-0.25, -0.2) is 0 Å². The second kappa shape index (κ2) is 22.3. The zero-order valence-electron chi connectivity index (χ0n) is 44.2. The zero-order chi connectivity index (χ0) is 50.3. The molecule has 7 rings (SSSR count). The molecule has 6 nitrogen and oxygen atoms in total. The first-order valence-electron chi connectivity index (χ1n) is 25.3. The van der Waals surface area contributed by atoms with Crippen molar-refractivity contribution in [2.45, 2.75) is 165 Å². The van der Waals surface area contributed by atoms with E-state index in [9.17, 15) is 10.2 Å². The van der Waals surface area contributed by atoms with Gasteiger partial charge in [-0.2, -0.15) is 0 Å². The average molecular weight is 1030 g/mol. The van der Waals surface area contributed by atoms with Crippen LogP contribution < -0.4 is 10.2 Å². The van der Waals surface area contributed by atoms with Crippen LogP contribution in [0.25, 0.3) is 11.5 Å². The molecular formula is C62H78N4O2Sn. The number of H-pyrrole nitrogens is 2. The number of unbranched alkanes of at least 4 members (excludes halogenated alkanes) is 2. The molecule has 0 saturated heterocycles. The number of nitrogens with zero attached hydrogens (tertiary/aromatic N) is 2. The maximum absolute atomic E-state index is 14.4. The second-order valence-electron chi connectivity index (χ2n) is 23.0. The van der Waals surface area contributed by atoms with E-state index in [2.05, 4.69) is 155 Å².